The molecule has 2 aromatic heterocycles. The SMILES string of the molecule is O=C(Cc1coc(-c2ccccc2)n1)Nc1nc2cc3c(cc2s1)OCCO3. The lowest BCUT2D eigenvalue weighted by atomic mass is 10.2. The molecule has 1 amide bonds. The Labute approximate surface area is 163 Å². The van der Waals surface area contributed by atoms with Gasteiger partial charge in [0, 0.05) is 17.7 Å². The fourth-order valence-corrected chi connectivity index (χ4v) is 3.84. The molecule has 0 aliphatic carbocycles. The summed E-state index contributed by atoms with van der Waals surface area (Å²) in [5.74, 6) is 1.67. The number of aromatic nitrogens is 2. The average Bonchev–Trinajstić information content (AvgIpc) is 3.32. The topological polar surface area (TPSA) is 86.5 Å². The van der Waals surface area contributed by atoms with Crippen LogP contribution in [-0.2, 0) is 11.2 Å². The molecule has 1 aliphatic rings. The number of amides is 1. The molecule has 7 nitrogen and oxygen atoms in total. The second kappa shape index (κ2) is 6.97. The highest BCUT2D eigenvalue weighted by Crippen LogP contribution is 2.37. The first-order chi connectivity index (χ1) is 13.7. The van der Waals surface area contributed by atoms with Crippen LogP contribution in [0.25, 0.3) is 21.7 Å². The van der Waals surface area contributed by atoms with Crippen molar-refractivity contribution in [2.45, 2.75) is 6.42 Å². The molecule has 0 saturated heterocycles. The van der Waals surface area contributed by atoms with E-state index in [-0.39, 0.29) is 12.3 Å². The van der Waals surface area contributed by atoms with Crippen molar-refractivity contribution in [3.05, 3.63) is 54.4 Å². The number of thiazole rings is 1. The zero-order valence-electron chi connectivity index (χ0n) is 14.7. The number of benzene rings is 2. The number of nitrogens with zero attached hydrogens (tertiary/aromatic N) is 2. The molecule has 0 saturated carbocycles. The van der Waals surface area contributed by atoms with Crippen LogP contribution in [0.3, 0.4) is 0 Å². The number of oxazole rings is 1. The van der Waals surface area contributed by atoms with E-state index in [1.165, 1.54) is 17.6 Å². The van der Waals surface area contributed by atoms with E-state index in [2.05, 4.69) is 15.3 Å². The Morgan fingerprint density at radius 2 is 1.86 bits per heavy atom. The molecule has 2 aromatic carbocycles. The fraction of sp³-hybridized carbons (Fsp3) is 0.150. The van der Waals surface area contributed by atoms with Gasteiger partial charge in [0.25, 0.3) is 0 Å². The highest BCUT2D eigenvalue weighted by atomic mass is 32.1. The summed E-state index contributed by atoms with van der Waals surface area (Å²) in [5, 5.41) is 3.35. The van der Waals surface area contributed by atoms with Gasteiger partial charge in [0.1, 0.15) is 19.5 Å². The van der Waals surface area contributed by atoms with E-state index in [9.17, 15) is 4.79 Å². The van der Waals surface area contributed by atoms with Gasteiger partial charge < -0.3 is 19.2 Å². The molecule has 0 fully saturated rings. The second-order valence-electron chi connectivity index (χ2n) is 6.22. The third-order valence-corrected chi connectivity index (χ3v) is 5.15. The van der Waals surface area contributed by atoms with Crippen LogP contribution in [0.5, 0.6) is 11.5 Å². The Bertz CT molecular complexity index is 1110. The quantitative estimate of drug-likeness (QED) is 0.566. The maximum atomic E-state index is 12.4. The van der Waals surface area contributed by atoms with Crippen LogP contribution >= 0.6 is 11.3 Å². The molecule has 0 atom stereocenters. The number of fused-ring (bicyclic) bond motifs is 2. The lowest BCUT2D eigenvalue weighted by Gasteiger charge is -2.17. The summed E-state index contributed by atoms with van der Waals surface area (Å²) in [6.07, 6.45) is 1.61. The van der Waals surface area contributed by atoms with Crippen molar-refractivity contribution in [2.75, 3.05) is 18.5 Å². The van der Waals surface area contributed by atoms with Crippen molar-refractivity contribution < 1.29 is 18.7 Å². The van der Waals surface area contributed by atoms with Crippen LogP contribution in [0, 0.1) is 0 Å². The summed E-state index contributed by atoms with van der Waals surface area (Å²) in [7, 11) is 0. The van der Waals surface area contributed by atoms with Crippen LogP contribution in [-0.4, -0.2) is 29.1 Å². The third kappa shape index (κ3) is 3.29. The predicted molar refractivity (Wildman–Crippen MR) is 105 cm³/mol. The number of anilines is 1. The van der Waals surface area contributed by atoms with Gasteiger partial charge in [-0.25, -0.2) is 9.97 Å². The molecule has 0 bridgehead atoms. The van der Waals surface area contributed by atoms with Crippen molar-refractivity contribution in [3.8, 4) is 23.0 Å². The minimum absolute atomic E-state index is 0.106. The lowest BCUT2D eigenvalue weighted by molar-refractivity contribution is -0.115. The van der Waals surface area contributed by atoms with E-state index in [0.29, 0.717) is 41.4 Å². The lowest BCUT2D eigenvalue weighted by Crippen LogP contribution is -2.15. The molecule has 0 spiro atoms. The number of carbonyl (C=O) groups is 1. The van der Waals surface area contributed by atoms with Gasteiger partial charge in [0.05, 0.1) is 22.3 Å². The molecule has 1 aliphatic heterocycles. The first-order valence-electron chi connectivity index (χ1n) is 8.74. The molecule has 8 heteroatoms. The zero-order chi connectivity index (χ0) is 18.9. The van der Waals surface area contributed by atoms with Gasteiger partial charge in [-0.2, -0.15) is 0 Å². The van der Waals surface area contributed by atoms with E-state index in [1.54, 1.807) is 0 Å². The molecule has 140 valence electrons. The monoisotopic (exact) mass is 393 g/mol. The van der Waals surface area contributed by atoms with Crippen LogP contribution < -0.4 is 14.8 Å². The van der Waals surface area contributed by atoms with Crippen molar-refractivity contribution in [1.29, 1.82) is 0 Å². The van der Waals surface area contributed by atoms with E-state index < -0.39 is 0 Å². The summed E-state index contributed by atoms with van der Waals surface area (Å²) >= 11 is 1.39. The zero-order valence-corrected chi connectivity index (χ0v) is 15.5. The number of nitrogens with one attached hydrogen (secondary N) is 1. The fourth-order valence-electron chi connectivity index (χ4n) is 2.95. The Kier molecular flexibility index (Phi) is 4.17. The van der Waals surface area contributed by atoms with E-state index in [1.807, 2.05) is 42.5 Å². The Hall–Kier alpha value is -3.39. The van der Waals surface area contributed by atoms with Crippen LogP contribution in [0.2, 0.25) is 0 Å². The van der Waals surface area contributed by atoms with Gasteiger partial charge in [0.15, 0.2) is 16.6 Å². The number of carbonyl (C=O) groups excluding carboxylic acids is 1. The molecule has 0 radical (unpaired) electrons. The first-order valence-corrected chi connectivity index (χ1v) is 9.56. The highest BCUT2D eigenvalue weighted by molar-refractivity contribution is 7.22. The molecule has 3 heterocycles. The summed E-state index contributed by atoms with van der Waals surface area (Å²) in [6, 6.07) is 13.3. The molecule has 1 N–H and O–H groups in total. The second-order valence-corrected chi connectivity index (χ2v) is 7.25. The van der Waals surface area contributed by atoms with Gasteiger partial charge in [-0.1, -0.05) is 29.5 Å². The van der Waals surface area contributed by atoms with Gasteiger partial charge >= 0.3 is 0 Å². The summed E-state index contributed by atoms with van der Waals surface area (Å²) in [4.78, 5) is 21.2. The van der Waals surface area contributed by atoms with Crippen LogP contribution in [0.1, 0.15) is 5.69 Å². The van der Waals surface area contributed by atoms with Crippen LogP contribution in [0.15, 0.2) is 53.1 Å². The first kappa shape index (κ1) is 16.8. The minimum Gasteiger partial charge on any atom is -0.486 e. The van der Waals surface area contributed by atoms with Crippen molar-refractivity contribution in [2.24, 2.45) is 0 Å². The molecule has 28 heavy (non-hydrogen) atoms. The predicted octanol–water partition coefficient (Wildman–Crippen LogP) is 3.90. The number of hydrogen-bond donors (Lipinski definition) is 1. The third-order valence-electron chi connectivity index (χ3n) is 4.21. The Morgan fingerprint density at radius 3 is 2.68 bits per heavy atom. The van der Waals surface area contributed by atoms with E-state index in [4.69, 9.17) is 13.9 Å². The van der Waals surface area contributed by atoms with Gasteiger partial charge in [-0.3, -0.25) is 4.79 Å². The summed E-state index contributed by atoms with van der Waals surface area (Å²) < 4.78 is 17.6. The minimum atomic E-state index is -0.204. The Morgan fingerprint density at radius 1 is 1.07 bits per heavy atom. The van der Waals surface area contributed by atoms with Crippen LogP contribution in [0.4, 0.5) is 5.13 Å². The maximum absolute atomic E-state index is 12.4. The molecular formula is C20H15N3O4S. The maximum Gasteiger partial charge on any atom is 0.232 e. The Balaban J connectivity index is 1.30. The largest absolute Gasteiger partial charge is 0.486 e. The normalized spacial score (nSPS) is 12.9. The summed E-state index contributed by atoms with van der Waals surface area (Å²) in [6.45, 7) is 1.05. The number of hydrogen-bond acceptors (Lipinski definition) is 7. The molecule has 0 unspecified atom stereocenters. The highest BCUT2D eigenvalue weighted by Gasteiger charge is 2.17. The number of rotatable bonds is 4. The van der Waals surface area contributed by atoms with E-state index >= 15 is 0 Å². The average molecular weight is 393 g/mol. The molecule has 5 rings (SSSR count). The standard InChI is InChI=1S/C20H15N3O4S/c24-18(8-13-11-27-19(21-13)12-4-2-1-3-5-12)23-20-22-14-9-15-16(10-17(14)28-20)26-7-6-25-15/h1-5,9-11H,6-8H2,(H,22,23,24). The molecule has 4 aromatic rings. The van der Waals surface area contributed by atoms with E-state index in [0.717, 1.165) is 15.8 Å². The summed E-state index contributed by atoms with van der Waals surface area (Å²) in [5.41, 5.74) is 2.20. The van der Waals surface area contributed by atoms with Gasteiger partial charge in [0.2, 0.25) is 11.8 Å². The van der Waals surface area contributed by atoms with Crippen molar-refractivity contribution in [1.82, 2.24) is 9.97 Å². The van der Waals surface area contributed by atoms with Gasteiger partial charge in [-0.05, 0) is 12.1 Å². The van der Waals surface area contributed by atoms with Crippen molar-refractivity contribution >= 4 is 32.6 Å². The number of ether oxygens (including phenoxy) is 2. The van der Waals surface area contributed by atoms with Gasteiger partial charge in [-0.15, -0.1) is 0 Å². The molecular weight excluding hydrogens is 378 g/mol. The smallest absolute Gasteiger partial charge is 0.232 e. The van der Waals surface area contributed by atoms with Crippen molar-refractivity contribution in [3.63, 3.8) is 0 Å².